The van der Waals surface area contributed by atoms with Crippen LogP contribution in [0.2, 0.25) is 0 Å². The zero-order valence-electron chi connectivity index (χ0n) is 21.9. The molecule has 39 heavy (non-hydrogen) atoms. The van der Waals surface area contributed by atoms with Crippen molar-refractivity contribution in [2.75, 3.05) is 33.9 Å². The van der Waals surface area contributed by atoms with Crippen LogP contribution in [0.25, 0.3) is 0 Å². The Morgan fingerprint density at radius 2 is 1.85 bits per heavy atom. The molecule has 0 radical (unpaired) electrons. The number of fused-ring (bicyclic) bond motifs is 3. The van der Waals surface area contributed by atoms with Crippen LogP contribution in [0.3, 0.4) is 0 Å². The molecule has 0 spiro atoms. The van der Waals surface area contributed by atoms with Crippen LogP contribution in [-0.2, 0) is 25.5 Å². The quantitative estimate of drug-likeness (QED) is 0.279. The highest BCUT2D eigenvalue weighted by atomic mass is 16.5. The Balaban J connectivity index is 1.51. The van der Waals surface area contributed by atoms with Crippen molar-refractivity contribution in [3.8, 4) is 5.75 Å². The second-order valence-corrected chi connectivity index (χ2v) is 11.1. The monoisotopic (exact) mass is 539 g/mol. The van der Waals surface area contributed by atoms with Crippen LogP contribution in [-0.4, -0.2) is 89.6 Å². The number of ketones is 4. The number of hydrogen-bond acceptors (Lipinski definition) is 10. The number of rotatable bonds is 6. The first kappa shape index (κ1) is 27.2. The van der Waals surface area contributed by atoms with Crippen molar-refractivity contribution in [1.29, 1.82) is 0 Å². The van der Waals surface area contributed by atoms with E-state index in [9.17, 15) is 34.2 Å². The minimum absolute atomic E-state index is 0.0436. The van der Waals surface area contributed by atoms with E-state index in [1.54, 1.807) is 19.0 Å². The van der Waals surface area contributed by atoms with Gasteiger partial charge in [0.2, 0.25) is 5.91 Å². The average Bonchev–Trinajstić information content (AvgIpc) is 2.89. The number of Topliss-reactive ketones (excluding diaryl/α,β-unsaturated/α-hetero) is 4. The van der Waals surface area contributed by atoms with Crippen LogP contribution in [0.5, 0.6) is 5.75 Å². The summed E-state index contributed by atoms with van der Waals surface area (Å²) in [6, 6.07) is 2.88. The third-order valence-corrected chi connectivity index (χ3v) is 8.71. The van der Waals surface area contributed by atoms with Crippen molar-refractivity contribution in [3.63, 3.8) is 0 Å². The van der Waals surface area contributed by atoms with Gasteiger partial charge in [0, 0.05) is 50.5 Å². The van der Waals surface area contributed by atoms with Gasteiger partial charge in [-0.2, -0.15) is 0 Å². The van der Waals surface area contributed by atoms with Crippen molar-refractivity contribution in [3.05, 3.63) is 40.6 Å². The molecule has 0 aromatic heterocycles. The van der Waals surface area contributed by atoms with E-state index in [1.165, 1.54) is 18.2 Å². The van der Waals surface area contributed by atoms with Gasteiger partial charge in [-0.3, -0.25) is 24.0 Å². The second kappa shape index (κ2) is 9.96. The van der Waals surface area contributed by atoms with Gasteiger partial charge in [0.15, 0.2) is 28.7 Å². The molecule has 1 saturated heterocycles. The molecule has 5 N–H and O–H groups in total. The summed E-state index contributed by atoms with van der Waals surface area (Å²) in [6.45, 7) is 1.28. The number of ether oxygens (including phenoxy) is 1. The maximum Gasteiger partial charge on any atom is 0.232 e. The fourth-order valence-electron chi connectivity index (χ4n) is 6.70. The zero-order chi connectivity index (χ0) is 28.2. The average molecular weight is 540 g/mol. The maximum atomic E-state index is 13.8. The standard InChI is InChI=1S/C28H33N3O8/c1-31(2)19-11-17(27(29)37)25(35)28(38)18(19)10-13-9-16-15(21(33)12-30-14-5-7-39-8-6-14)3-4-20(32)23(16)24(34)22(13)26(28)36/h3-4,11,13-14,17-18,22,30,32,38H,5-10,12H2,1-2H3,(H2,29,37)/t13-,17?,18-,22?,28+/m0/s1. The largest absolute Gasteiger partial charge is 0.507 e. The van der Waals surface area contributed by atoms with Crippen molar-refractivity contribution in [2.24, 2.45) is 29.4 Å². The van der Waals surface area contributed by atoms with Gasteiger partial charge in [0.1, 0.15) is 11.7 Å². The van der Waals surface area contributed by atoms with Gasteiger partial charge in [-0.15, -0.1) is 0 Å². The molecule has 1 heterocycles. The summed E-state index contributed by atoms with van der Waals surface area (Å²) >= 11 is 0. The summed E-state index contributed by atoms with van der Waals surface area (Å²) in [5.41, 5.74) is 3.73. The molecule has 5 atom stereocenters. The van der Waals surface area contributed by atoms with Gasteiger partial charge in [-0.25, -0.2) is 0 Å². The number of amides is 1. The van der Waals surface area contributed by atoms with Gasteiger partial charge in [0.25, 0.3) is 0 Å². The highest BCUT2D eigenvalue weighted by Gasteiger charge is 2.65. The number of phenols is 1. The number of carbonyl (C=O) groups excluding carboxylic acids is 5. The van der Waals surface area contributed by atoms with Gasteiger partial charge < -0.3 is 30.9 Å². The highest BCUT2D eigenvalue weighted by molar-refractivity contribution is 6.26. The van der Waals surface area contributed by atoms with Crippen LogP contribution in [0.15, 0.2) is 23.9 Å². The summed E-state index contributed by atoms with van der Waals surface area (Å²) in [6.07, 6.45) is 3.16. The molecule has 11 heteroatoms. The smallest absolute Gasteiger partial charge is 0.232 e. The van der Waals surface area contributed by atoms with Crippen molar-refractivity contribution in [2.45, 2.75) is 37.3 Å². The Labute approximate surface area is 225 Å². The molecule has 5 rings (SSSR count). The molecule has 2 fully saturated rings. The van der Waals surface area contributed by atoms with Gasteiger partial charge >= 0.3 is 0 Å². The molecule has 2 unspecified atom stereocenters. The molecule has 1 saturated carbocycles. The molecular formula is C28H33N3O8. The van der Waals surface area contributed by atoms with Crippen LogP contribution in [0.4, 0.5) is 0 Å². The minimum atomic E-state index is -2.61. The van der Waals surface area contributed by atoms with Crippen molar-refractivity contribution < 1.29 is 38.9 Å². The molecule has 0 bridgehead atoms. The number of aliphatic hydroxyl groups is 1. The Morgan fingerprint density at radius 1 is 1.15 bits per heavy atom. The van der Waals surface area contributed by atoms with E-state index in [1.807, 2.05) is 0 Å². The van der Waals surface area contributed by atoms with Crippen LogP contribution in [0.1, 0.15) is 45.5 Å². The van der Waals surface area contributed by atoms with Gasteiger partial charge in [-0.05, 0) is 55.4 Å². The van der Waals surface area contributed by atoms with Crippen LogP contribution < -0.4 is 11.1 Å². The first-order chi connectivity index (χ1) is 18.5. The lowest BCUT2D eigenvalue weighted by Crippen LogP contribution is -2.67. The van der Waals surface area contributed by atoms with Crippen LogP contribution in [0, 0.1) is 23.7 Å². The summed E-state index contributed by atoms with van der Waals surface area (Å²) in [5.74, 6) is -8.95. The number of phenolic OH excluding ortho intramolecular Hbond substituents is 1. The highest BCUT2D eigenvalue weighted by Crippen LogP contribution is 2.51. The normalized spacial score (nSPS) is 30.6. The molecule has 3 aliphatic carbocycles. The Kier molecular flexibility index (Phi) is 6.94. The number of carbonyl (C=O) groups is 5. The Morgan fingerprint density at radius 3 is 2.49 bits per heavy atom. The molecule has 1 amide bonds. The molecule has 1 aromatic rings. The van der Waals surface area contributed by atoms with E-state index in [2.05, 4.69) is 5.32 Å². The number of aromatic hydroxyl groups is 1. The SMILES string of the molecule is CN(C)C1=CC(C(N)=O)C(=O)[C@@]2(O)C(=O)C3C(=O)c4c(O)ccc(C(=O)CNC5CCOCC5)c4C[C@H]3C[C@@H]12. The van der Waals surface area contributed by atoms with E-state index in [-0.39, 0.29) is 42.5 Å². The summed E-state index contributed by atoms with van der Waals surface area (Å²) < 4.78 is 5.35. The number of nitrogens with one attached hydrogen (secondary N) is 1. The third kappa shape index (κ3) is 4.29. The number of hydrogen-bond donors (Lipinski definition) is 4. The van der Waals surface area contributed by atoms with E-state index in [4.69, 9.17) is 10.5 Å². The minimum Gasteiger partial charge on any atom is -0.507 e. The lowest BCUT2D eigenvalue weighted by Gasteiger charge is -2.50. The number of nitrogens with zero attached hydrogens (tertiary/aromatic N) is 1. The second-order valence-electron chi connectivity index (χ2n) is 11.1. The van der Waals surface area contributed by atoms with E-state index in [0.29, 0.717) is 30.0 Å². The topological polar surface area (TPSA) is 176 Å². The molecular weight excluding hydrogens is 506 g/mol. The van der Waals surface area contributed by atoms with E-state index < -0.39 is 52.5 Å². The number of nitrogens with two attached hydrogens (primary N) is 1. The first-order valence-electron chi connectivity index (χ1n) is 13.2. The molecule has 4 aliphatic rings. The van der Waals surface area contributed by atoms with Gasteiger partial charge in [-0.1, -0.05) is 0 Å². The lowest BCUT2D eigenvalue weighted by atomic mass is 9.54. The van der Waals surface area contributed by atoms with Crippen LogP contribution >= 0.6 is 0 Å². The number of benzene rings is 1. The Bertz CT molecular complexity index is 1300. The Hall–Kier alpha value is -3.41. The summed E-state index contributed by atoms with van der Waals surface area (Å²) in [7, 11) is 3.33. The molecule has 208 valence electrons. The predicted octanol–water partition coefficient (Wildman–Crippen LogP) is -0.235. The molecule has 1 aliphatic heterocycles. The van der Waals surface area contributed by atoms with E-state index in [0.717, 1.165) is 12.8 Å². The molecule has 1 aromatic carbocycles. The number of primary amides is 1. The van der Waals surface area contributed by atoms with Crippen molar-refractivity contribution >= 4 is 29.0 Å². The zero-order valence-corrected chi connectivity index (χ0v) is 21.9. The van der Waals surface area contributed by atoms with Crippen molar-refractivity contribution in [1.82, 2.24) is 10.2 Å². The lowest BCUT2D eigenvalue weighted by molar-refractivity contribution is -0.168. The fourth-order valence-corrected chi connectivity index (χ4v) is 6.70. The summed E-state index contributed by atoms with van der Waals surface area (Å²) in [4.78, 5) is 67.8. The first-order valence-corrected chi connectivity index (χ1v) is 13.2. The third-order valence-electron chi connectivity index (χ3n) is 8.71. The van der Waals surface area contributed by atoms with Gasteiger partial charge in [0.05, 0.1) is 18.0 Å². The summed E-state index contributed by atoms with van der Waals surface area (Å²) in [5, 5.41) is 25.5. The maximum absolute atomic E-state index is 13.8. The van der Waals surface area contributed by atoms with E-state index >= 15 is 0 Å². The predicted molar refractivity (Wildman–Crippen MR) is 137 cm³/mol. The molecule has 11 nitrogen and oxygen atoms in total. The fraction of sp³-hybridized carbons (Fsp3) is 0.536.